The zero-order chi connectivity index (χ0) is 13.8. The second kappa shape index (κ2) is 5.59. The van der Waals surface area contributed by atoms with Crippen LogP contribution in [0.2, 0.25) is 0 Å². The van der Waals surface area contributed by atoms with Crippen molar-refractivity contribution >= 4 is 28.9 Å². The van der Waals surface area contributed by atoms with Crippen LogP contribution in [0, 0.1) is 0 Å². The number of anilines is 1. The number of thiophene rings is 1. The predicted molar refractivity (Wildman–Crippen MR) is 71.1 cm³/mol. The number of carbonyl (C=O) groups excluding carboxylic acids is 1. The Balaban J connectivity index is 2.04. The van der Waals surface area contributed by atoms with Gasteiger partial charge in [-0.2, -0.15) is 0 Å². The predicted octanol–water partition coefficient (Wildman–Crippen LogP) is 1.48. The number of hydrogen-bond acceptors (Lipinski definition) is 5. The SMILES string of the molecule is NC(C(=O)Nc1ccc(C(=O)O)nc1)c1cccs1. The Morgan fingerprint density at radius 1 is 1.37 bits per heavy atom. The molecule has 2 heterocycles. The van der Waals surface area contributed by atoms with Crippen LogP contribution in [0.15, 0.2) is 35.8 Å². The molecular formula is C12H11N3O3S. The average Bonchev–Trinajstić information content (AvgIpc) is 2.92. The number of nitrogens with one attached hydrogen (secondary N) is 1. The van der Waals surface area contributed by atoms with Gasteiger partial charge in [0.2, 0.25) is 5.91 Å². The number of hydrogen-bond donors (Lipinski definition) is 3. The summed E-state index contributed by atoms with van der Waals surface area (Å²) in [4.78, 5) is 26.9. The van der Waals surface area contributed by atoms with Gasteiger partial charge < -0.3 is 16.2 Å². The summed E-state index contributed by atoms with van der Waals surface area (Å²) in [6.07, 6.45) is 1.28. The maximum Gasteiger partial charge on any atom is 0.354 e. The van der Waals surface area contributed by atoms with Gasteiger partial charge in [-0.25, -0.2) is 9.78 Å². The summed E-state index contributed by atoms with van der Waals surface area (Å²) in [6.45, 7) is 0. The van der Waals surface area contributed by atoms with Crippen molar-refractivity contribution in [1.29, 1.82) is 0 Å². The molecule has 0 bridgehead atoms. The number of pyridine rings is 1. The van der Waals surface area contributed by atoms with Crippen molar-refractivity contribution in [3.8, 4) is 0 Å². The number of carboxylic acid groups (broad SMARTS) is 1. The van der Waals surface area contributed by atoms with E-state index >= 15 is 0 Å². The summed E-state index contributed by atoms with van der Waals surface area (Å²) in [6, 6.07) is 5.63. The molecule has 0 saturated heterocycles. The molecule has 0 radical (unpaired) electrons. The minimum atomic E-state index is -1.12. The van der Waals surface area contributed by atoms with E-state index in [2.05, 4.69) is 10.3 Å². The summed E-state index contributed by atoms with van der Waals surface area (Å²) in [5.41, 5.74) is 6.11. The van der Waals surface area contributed by atoms with Crippen LogP contribution in [-0.2, 0) is 4.79 Å². The third-order valence-corrected chi connectivity index (χ3v) is 3.34. The number of amides is 1. The number of nitrogens with two attached hydrogens (primary N) is 1. The molecule has 0 aliphatic carbocycles. The first-order valence-electron chi connectivity index (χ1n) is 5.37. The summed E-state index contributed by atoms with van der Waals surface area (Å²) < 4.78 is 0. The Hall–Kier alpha value is -2.25. The van der Waals surface area contributed by atoms with Gasteiger partial charge in [0, 0.05) is 4.88 Å². The quantitative estimate of drug-likeness (QED) is 0.785. The molecule has 0 aromatic carbocycles. The van der Waals surface area contributed by atoms with Crippen LogP contribution in [0.5, 0.6) is 0 Å². The number of rotatable bonds is 4. The van der Waals surface area contributed by atoms with Gasteiger partial charge in [0.1, 0.15) is 11.7 Å². The fourth-order valence-electron chi connectivity index (χ4n) is 1.41. The van der Waals surface area contributed by atoms with E-state index in [9.17, 15) is 9.59 Å². The van der Waals surface area contributed by atoms with E-state index in [0.717, 1.165) is 4.88 Å². The topological polar surface area (TPSA) is 105 Å². The first-order valence-corrected chi connectivity index (χ1v) is 6.25. The van der Waals surface area contributed by atoms with Gasteiger partial charge in [0.05, 0.1) is 11.9 Å². The van der Waals surface area contributed by atoms with E-state index in [1.54, 1.807) is 6.07 Å². The second-order valence-electron chi connectivity index (χ2n) is 3.72. The first-order chi connectivity index (χ1) is 9.08. The maximum absolute atomic E-state index is 11.9. The molecule has 6 nitrogen and oxygen atoms in total. The van der Waals surface area contributed by atoms with Gasteiger partial charge in [-0.05, 0) is 23.6 Å². The zero-order valence-corrected chi connectivity index (χ0v) is 10.6. The van der Waals surface area contributed by atoms with Crippen LogP contribution < -0.4 is 11.1 Å². The molecule has 0 fully saturated rings. The molecule has 2 aromatic heterocycles. The highest BCUT2D eigenvalue weighted by Gasteiger charge is 2.17. The molecule has 2 rings (SSSR count). The van der Waals surface area contributed by atoms with Crippen molar-refractivity contribution in [3.05, 3.63) is 46.4 Å². The normalized spacial score (nSPS) is 11.8. The molecule has 4 N–H and O–H groups in total. The van der Waals surface area contributed by atoms with Crippen LogP contribution in [0.1, 0.15) is 21.4 Å². The number of carboxylic acids is 1. The van der Waals surface area contributed by atoms with Crippen molar-refractivity contribution in [1.82, 2.24) is 4.98 Å². The Kier molecular flexibility index (Phi) is 3.88. The van der Waals surface area contributed by atoms with Gasteiger partial charge in [-0.15, -0.1) is 11.3 Å². The van der Waals surface area contributed by atoms with E-state index in [0.29, 0.717) is 5.69 Å². The Labute approximate surface area is 112 Å². The van der Waals surface area contributed by atoms with Gasteiger partial charge in [-0.1, -0.05) is 6.07 Å². The smallest absolute Gasteiger partial charge is 0.354 e. The van der Waals surface area contributed by atoms with Gasteiger partial charge >= 0.3 is 5.97 Å². The van der Waals surface area contributed by atoms with Crippen molar-refractivity contribution in [2.75, 3.05) is 5.32 Å². The number of aromatic nitrogens is 1. The van der Waals surface area contributed by atoms with Crippen LogP contribution >= 0.6 is 11.3 Å². The van der Waals surface area contributed by atoms with E-state index in [-0.39, 0.29) is 11.6 Å². The van der Waals surface area contributed by atoms with Gasteiger partial charge in [0.15, 0.2) is 0 Å². The largest absolute Gasteiger partial charge is 0.477 e. The van der Waals surface area contributed by atoms with Crippen LogP contribution in [0.25, 0.3) is 0 Å². The molecule has 0 saturated carbocycles. The van der Waals surface area contributed by atoms with Crippen molar-refractivity contribution < 1.29 is 14.7 Å². The van der Waals surface area contributed by atoms with E-state index in [1.165, 1.54) is 29.7 Å². The zero-order valence-electron chi connectivity index (χ0n) is 9.74. The van der Waals surface area contributed by atoms with E-state index < -0.39 is 12.0 Å². The Morgan fingerprint density at radius 3 is 2.68 bits per heavy atom. The Bertz CT molecular complexity index is 581. The van der Waals surface area contributed by atoms with E-state index in [1.807, 2.05) is 11.4 Å². The summed E-state index contributed by atoms with van der Waals surface area (Å²) >= 11 is 1.40. The molecule has 0 spiro atoms. The van der Waals surface area contributed by atoms with Crippen LogP contribution in [0.4, 0.5) is 5.69 Å². The number of aromatic carboxylic acids is 1. The third-order valence-electron chi connectivity index (χ3n) is 2.38. The van der Waals surface area contributed by atoms with Crippen LogP contribution in [-0.4, -0.2) is 22.0 Å². The van der Waals surface area contributed by atoms with E-state index in [4.69, 9.17) is 10.8 Å². The first kappa shape index (κ1) is 13.2. The molecule has 0 aliphatic rings. The standard InChI is InChI=1S/C12H11N3O3S/c13-10(9-2-1-5-19-9)11(16)15-7-3-4-8(12(17)18)14-6-7/h1-6,10H,13H2,(H,15,16)(H,17,18). The van der Waals surface area contributed by atoms with Gasteiger partial charge in [-0.3, -0.25) is 4.79 Å². The Morgan fingerprint density at radius 2 is 2.16 bits per heavy atom. The maximum atomic E-state index is 11.9. The lowest BCUT2D eigenvalue weighted by Crippen LogP contribution is -2.27. The van der Waals surface area contributed by atoms with Gasteiger partial charge in [0.25, 0.3) is 0 Å². The highest BCUT2D eigenvalue weighted by atomic mass is 32.1. The molecular weight excluding hydrogens is 266 g/mol. The highest BCUT2D eigenvalue weighted by molar-refractivity contribution is 7.10. The second-order valence-corrected chi connectivity index (χ2v) is 4.70. The lowest BCUT2D eigenvalue weighted by atomic mass is 10.2. The molecule has 0 aliphatic heterocycles. The molecule has 1 amide bonds. The average molecular weight is 277 g/mol. The number of carbonyl (C=O) groups is 2. The lowest BCUT2D eigenvalue weighted by Gasteiger charge is -2.10. The minimum Gasteiger partial charge on any atom is -0.477 e. The highest BCUT2D eigenvalue weighted by Crippen LogP contribution is 2.18. The number of nitrogens with zero attached hydrogens (tertiary/aromatic N) is 1. The van der Waals surface area contributed by atoms with Crippen molar-refractivity contribution in [3.63, 3.8) is 0 Å². The molecule has 98 valence electrons. The molecule has 1 unspecified atom stereocenters. The molecule has 2 aromatic rings. The molecule has 19 heavy (non-hydrogen) atoms. The fourth-order valence-corrected chi connectivity index (χ4v) is 2.14. The van der Waals surface area contributed by atoms with Crippen molar-refractivity contribution in [2.45, 2.75) is 6.04 Å². The third kappa shape index (κ3) is 3.15. The molecule has 1 atom stereocenters. The fraction of sp³-hybridized carbons (Fsp3) is 0.0833. The minimum absolute atomic E-state index is 0.0828. The summed E-state index contributed by atoms with van der Waals surface area (Å²) in [5.74, 6) is -1.49. The summed E-state index contributed by atoms with van der Waals surface area (Å²) in [5, 5.41) is 13.1. The monoisotopic (exact) mass is 277 g/mol. The van der Waals surface area contributed by atoms with Crippen LogP contribution in [0.3, 0.4) is 0 Å². The molecule has 7 heteroatoms. The summed E-state index contributed by atoms with van der Waals surface area (Å²) in [7, 11) is 0. The van der Waals surface area contributed by atoms with Crippen molar-refractivity contribution in [2.24, 2.45) is 5.73 Å². The lowest BCUT2D eigenvalue weighted by molar-refractivity contribution is -0.117.